The fraction of sp³-hybridized carbons (Fsp3) is 0.300. The Morgan fingerprint density at radius 2 is 2.21 bits per heavy atom. The van der Waals surface area contributed by atoms with Gasteiger partial charge in [-0.2, -0.15) is 0 Å². The average Bonchev–Trinajstić information content (AvgIpc) is 2.43. The average molecular weight is 191 g/mol. The third-order valence-electron chi connectivity index (χ3n) is 1.87. The van der Waals surface area contributed by atoms with Crippen molar-refractivity contribution in [2.45, 2.75) is 20.8 Å². The fourth-order valence-corrected chi connectivity index (χ4v) is 1.27. The molecule has 0 unspecified atom stereocenters. The zero-order valence-corrected chi connectivity index (χ0v) is 8.59. The molecule has 0 atom stereocenters. The number of hydrogen-bond acceptors (Lipinski definition) is 3. The van der Waals surface area contributed by atoms with Crippen LogP contribution in [0.5, 0.6) is 0 Å². The van der Waals surface area contributed by atoms with Crippen LogP contribution in [0.4, 0.5) is 0 Å². The highest BCUT2D eigenvalue weighted by molar-refractivity contribution is 6.15. The highest BCUT2D eigenvalue weighted by atomic mass is 16.5. The van der Waals surface area contributed by atoms with Crippen LogP contribution in [0, 0.1) is 19.3 Å². The Hall–Kier alpha value is -1.71. The molecular formula is C10H13N3O. The molecule has 0 saturated carbocycles. The van der Waals surface area contributed by atoms with Crippen molar-refractivity contribution in [3.05, 3.63) is 29.2 Å². The topological polar surface area (TPSA) is 62.2 Å². The molecule has 0 aliphatic carbocycles. The molecule has 14 heavy (non-hydrogen) atoms. The van der Waals surface area contributed by atoms with Gasteiger partial charge in [-0.05, 0) is 26.3 Å². The minimum absolute atomic E-state index is 0.663. The van der Waals surface area contributed by atoms with Crippen LogP contribution in [0.3, 0.4) is 0 Å². The second-order valence-corrected chi connectivity index (χ2v) is 3.09. The van der Waals surface area contributed by atoms with Gasteiger partial charge in [-0.3, -0.25) is 5.41 Å². The Bertz CT molecular complexity index is 382. The second kappa shape index (κ2) is 4.00. The van der Waals surface area contributed by atoms with Crippen molar-refractivity contribution in [1.82, 2.24) is 5.16 Å². The summed E-state index contributed by atoms with van der Waals surface area (Å²) < 4.78 is 5.03. The van der Waals surface area contributed by atoms with Crippen molar-refractivity contribution >= 4 is 12.1 Å². The smallest absolute Gasteiger partial charge is 0.143 e. The van der Waals surface area contributed by atoms with E-state index in [4.69, 9.17) is 9.93 Å². The summed E-state index contributed by atoms with van der Waals surface area (Å²) in [6.07, 6.45) is 0.996. The van der Waals surface area contributed by atoms with Gasteiger partial charge in [0.25, 0.3) is 0 Å². The van der Waals surface area contributed by atoms with E-state index in [2.05, 4.69) is 16.7 Å². The summed E-state index contributed by atoms with van der Waals surface area (Å²) >= 11 is 0. The van der Waals surface area contributed by atoms with Crippen LogP contribution in [0.2, 0.25) is 0 Å². The Morgan fingerprint density at radius 1 is 1.57 bits per heavy atom. The third-order valence-corrected chi connectivity index (χ3v) is 1.87. The lowest BCUT2D eigenvalue weighted by atomic mass is 10.0. The summed E-state index contributed by atoms with van der Waals surface area (Å²) in [6, 6.07) is 0. The maximum Gasteiger partial charge on any atom is 0.143 e. The molecule has 74 valence electrons. The van der Waals surface area contributed by atoms with E-state index in [-0.39, 0.29) is 0 Å². The first-order chi connectivity index (χ1) is 6.57. The van der Waals surface area contributed by atoms with E-state index in [1.165, 1.54) is 0 Å². The maximum atomic E-state index is 6.97. The number of allylic oxidation sites excluding steroid dienone is 1. The van der Waals surface area contributed by atoms with E-state index in [9.17, 15) is 0 Å². The van der Waals surface area contributed by atoms with Crippen molar-refractivity contribution in [3.8, 4) is 0 Å². The van der Waals surface area contributed by atoms with Crippen molar-refractivity contribution in [1.29, 1.82) is 5.41 Å². The van der Waals surface area contributed by atoms with Crippen LogP contribution in [0.25, 0.3) is 0 Å². The van der Waals surface area contributed by atoms with Gasteiger partial charge >= 0.3 is 0 Å². The van der Waals surface area contributed by atoms with Crippen LogP contribution in [0.1, 0.15) is 23.9 Å². The van der Waals surface area contributed by atoms with E-state index in [0.717, 1.165) is 23.2 Å². The fourth-order valence-electron chi connectivity index (χ4n) is 1.27. The van der Waals surface area contributed by atoms with Gasteiger partial charge in [-0.1, -0.05) is 11.7 Å². The quantitative estimate of drug-likeness (QED) is 0.588. The number of nitrogens with one attached hydrogen (secondary N) is 1. The van der Waals surface area contributed by atoms with E-state index in [1.807, 2.05) is 20.8 Å². The second-order valence-electron chi connectivity index (χ2n) is 3.09. The van der Waals surface area contributed by atoms with Gasteiger partial charge in [0.05, 0.1) is 17.0 Å². The summed E-state index contributed by atoms with van der Waals surface area (Å²) in [6.45, 7) is 9.31. The van der Waals surface area contributed by atoms with Gasteiger partial charge in [0.1, 0.15) is 12.1 Å². The number of aromatic nitrogens is 1. The van der Waals surface area contributed by atoms with Gasteiger partial charge < -0.3 is 4.52 Å². The van der Waals surface area contributed by atoms with Crippen LogP contribution >= 0.6 is 0 Å². The van der Waals surface area contributed by atoms with Gasteiger partial charge in [0.15, 0.2) is 0 Å². The number of nitrogens with zero attached hydrogens (tertiary/aromatic N) is 2. The summed E-state index contributed by atoms with van der Waals surface area (Å²) in [5.74, 6) is 0.700. The van der Waals surface area contributed by atoms with Gasteiger partial charge in [0, 0.05) is 0 Å². The van der Waals surface area contributed by atoms with Crippen LogP contribution in [0.15, 0.2) is 21.7 Å². The molecular weight excluding hydrogens is 178 g/mol. The molecule has 1 N–H and O–H groups in total. The van der Waals surface area contributed by atoms with Crippen molar-refractivity contribution in [2.24, 2.45) is 4.99 Å². The molecule has 1 aromatic heterocycles. The lowest BCUT2D eigenvalue weighted by Gasteiger charge is -2.02. The Balaban J connectivity index is 3.31. The lowest BCUT2D eigenvalue weighted by molar-refractivity contribution is 0.393. The van der Waals surface area contributed by atoms with Crippen LogP contribution in [-0.2, 0) is 0 Å². The molecule has 1 aromatic rings. The van der Waals surface area contributed by atoms with E-state index in [0.29, 0.717) is 11.5 Å². The van der Waals surface area contributed by atoms with Crippen molar-refractivity contribution < 1.29 is 4.52 Å². The molecule has 1 heterocycles. The molecule has 0 radical (unpaired) electrons. The number of aryl methyl sites for hydroxylation is 2. The number of hydrogen-bond donors (Lipinski definition) is 1. The highest BCUT2D eigenvalue weighted by Gasteiger charge is 2.15. The number of aliphatic imine (C=N–C) groups is 1. The molecule has 0 bridgehead atoms. The predicted molar refractivity (Wildman–Crippen MR) is 56.1 cm³/mol. The number of rotatable bonds is 3. The van der Waals surface area contributed by atoms with E-state index >= 15 is 0 Å². The summed E-state index contributed by atoms with van der Waals surface area (Å²) in [7, 11) is 0. The molecule has 0 aromatic carbocycles. The monoisotopic (exact) mass is 191 g/mol. The molecule has 0 saturated heterocycles. The first-order valence-electron chi connectivity index (χ1n) is 4.23. The Morgan fingerprint density at radius 3 is 2.57 bits per heavy atom. The molecule has 0 aliphatic rings. The zero-order chi connectivity index (χ0) is 10.7. The summed E-state index contributed by atoms with van der Waals surface area (Å²) in [4.78, 5) is 3.95. The molecule has 0 fully saturated rings. The zero-order valence-electron chi connectivity index (χ0n) is 8.59. The van der Waals surface area contributed by atoms with Crippen molar-refractivity contribution in [3.63, 3.8) is 0 Å². The van der Waals surface area contributed by atoms with Gasteiger partial charge in [-0.25, -0.2) is 4.99 Å². The standard InChI is InChI=1S/C10H13N3O/c1-6(2)10(12-5-11)9-7(3)13-14-8(9)4/h5,11H,1H2,2-4H3/b11-5?,12-10+. The largest absolute Gasteiger partial charge is 0.361 e. The van der Waals surface area contributed by atoms with Crippen LogP contribution in [-0.4, -0.2) is 17.2 Å². The van der Waals surface area contributed by atoms with Crippen LogP contribution < -0.4 is 0 Å². The van der Waals surface area contributed by atoms with Gasteiger partial charge in [0.2, 0.25) is 0 Å². The molecule has 4 heteroatoms. The minimum atomic E-state index is 0.663. The normalized spacial score (nSPS) is 11.5. The molecule has 0 aliphatic heterocycles. The SMILES string of the molecule is C=C(C)/C(=N\C=N)c1c(C)noc1C. The van der Waals surface area contributed by atoms with Crippen molar-refractivity contribution in [2.75, 3.05) is 0 Å². The molecule has 1 rings (SSSR count). The van der Waals surface area contributed by atoms with E-state index in [1.54, 1.807) is 0 Å². The Kier molecular flexibility index (Phi) is 2.96. The minimum Gasteiger partial charge on any atom is -0.361 e. The predicted octanol–water partition coefficient (Wildman–Crippen LogP) is 2.26. The Labute approximate surface area is 82.8 Å². The third kappa shape index (κ3) is 1.79. The lowest BCUT2D eigenvalue weighted by Crippen LogP contribution is -2.04. The first kappa shape index (κ1) is 10.4. The summed E-state index contributed by atoms with van der Waals surface area (Å²) in [5, 5.41) is 10.8. The molecule has 0 spiro atoms. The molecule has 4 nitrogen and oxygen atoms in total. The maximum absolute atomic E-state index is 6.97. The van der Waals surface area contributed by atoms with Gasteiger partial charge in [-0.15, -0.1) is 0 Å². The summed E-state index contributed by atoms with van der Waals surface area (Å²) in [5.41, 5.74) is 3.06. The highest BCUT2D eigenvalue weighted by Crippen LogP contribution is 2.16. The molecule has 0 amide bonds. The van der Waals surface area contributed by atoms with E-state index < -0.39 is 0 Å². The first-order valence-corrected chi connectivity index (χ1v) is 4.23.